The monoisotopic (exact) mass is 540 g/mol. The Labute approximate surface area is 208 Å². The molecule has 0 fully saturated rings. The summed E-state index contributed by atoms with van der Waals surface area (Å²) in [6.45, 7) is -0.611. The molecule has 7 nitrogen and oxygen atoms in total. The lowest BCUT2D eigenvalue weighted by molar-refractivity contribution is -0.151. The molecule has 1 aliphatic rings. The van der Waals surface area contributed by atoms with Gasteiger partial charge in [-0.05, 0) is 35.9 Å². The number of hydrogen-bond acceptors (Lipinski definition) is 5. The molecule has 3 aromatic rings. The van der Waals surface area contributed by atoms with E-state index in [4.69, 9.17) is 16.3 Å². The van der Waals surface area contributed by atoms with Crippen LogP contribution < -0.4 is 5.32 Å². The van der Waals surface area contributed by atoms with Crippen LogP contribution in [-0.2, 0) is 20.7 Å². The van der Waals surface area contributed by atoms with Crippen molar-refractivity contribution in [2.75, 3.05) is 11.9 Å². The molecule has 0 unspecified atom stereocenters. The Kier molecular flexibility index (Phi) is 7.09. The van der Waals surface area contributed by atoms with Crippen LogP contribution in [0.15, 0.2) is 77.3 Å². The van der Waals surface area contributed by atoms with Gasteiger partial charge in [-0.3, -0.25) is 19.3 Å². The second-order valence-corrected chi connectivity index (χ2v) is 8.83. The van der Waals surface area contributed by atoms with Crippen molar-refractivity contribution >= 4 is 56.9 Å². The van der Waals surface area contributed by atoms with E-state index < -0.39 is 36.3 Å². The van der Waals surface area contributed by atoms with Gasteiger partial charge in [0.1, 0.15) is 6.04 Å². The fraction of sp³-hybridized carbons (Fsp3) is 0.120. The summed E-state index contributed by atoms with van der Waals surface area (Å²) in [4.78, 5) is 52.3. The summed E-state index contributed by atoms with van der Waals surface area (Å²) in [5, 5.41) is 2.87. The largest absolute Gasteiger partial charge is 0.454 e. The van der Waals surface area contributed by atoms with Crippen LogP contribution in [0.5, 0.6) is 0 Å². The number of hydrogen-bond donors (Lipinski definition) is 1. The Bertz CT molecular complexity index is 1250. The van der Waals surface area contributed by atoms with Gasteiger partial charge in [-0.1, -0.05) is 70.0 Å². The van der Waals surface area contributed by atoms with Crippen molar-refractivity contribution < 1.29 is 23.9 Å². The maximum absolute atomic E-state index is 13.1. The van der Waals surface area contributed by atoms with Gasteiger partial charge in [-0.25, -0.2) is 4.79 Å². The minimum absolute atomic E-state index is 0.0469. The van der Waals surface area contributed by atoms with Crippen molar-refractivity contribution in [2.24, 2.45) is 0 Å². The van der Waals surface area contributed by atoms with Crippen molar-refractivity contribution in [1.82, 2.24) is 4.90 Å². The molecule has 0 bridgehead atoms. The first-order valence-corrected chi connectivity index (χ1v) is 11.4. The highest BCUT2D eigenvalue weighted by Gasteiger charge is 2.43. The van der Waals surface area contributed by atoms with E-state index in [-0.39, 0.29) is 17.5 Å². The highest BCUT2D eigenvalue weighted by Crippen LogP contribution is 2.27. The summed E-state index contributed by atoms with van der Waals surface area (Å²) >= 11 is 9.39. The van der Waals surface area contributed by atoms with Crippen molar-refractivity contribution in [2.45, 2.75) is 12.5 Å². The number of imide groups is 1. The molecule has 1 aliphatic heterocycles. The zero-order valence-electron chi connectivity index (χ0n) is 17.7. The Hall–Kier alpha value is -3.49. The standard InChI is InChI=1S/C25H18BrClN2O5/c26-16-10-11-20(19(27)13-16)28-22(30)14-34-25(33)21(12-15-6-2-1-3-7-15)29-23(31)17-8-4-5-9-18(17)24(29)32/h1-11,13,21H,12,14H2,(H,28,30)/t21-/m0/s1. The third-order valence-corrected chi connectivity index (χ3v) is 6.04. The van der Waals surface area contributed by atoms with Gasteiger partial charge in [0, 0.05) is 10.9 Å². The predicted octanol–water partition coefficient (Wildman–Crippen LogP) is 4.49. The maximum atomic E-state index is 13.1. The molecule has 0 aromatic heterocycles. The summed E-state index contributed by atoms with van der Waals surface area (Å²) < 4.78 is 5.97. The number of amides is 3. The lowest BCUT2D eigenvalue weighted by Gasteiger charge is -2.24. The number of nitrogens with zero attached hydrogens (tertiary/aromatic N) is 1. The van der Waals surface area contributed by atoms with E-state index in [1.54, 1.807) is 54.6 Å². The quantitative estimate of drug-likeness (QED) is 0.351. The number of benzene rings is 3. The summed E-state index contributed by atoms with van der Waals surface area (Å²) in [5.41, 5.74) is 1.53. The van der Waals surface area contributed by atoms with Gasteiger partial charge in [0.05, 0.1) is 21.8 Å². The third-order valence-electron chi connectivity index (χ3n) is 5.23. The lowest BCUT2D eigenvalue weighted by atomic mass is 10.0. The van der Waals surface area contributed by atoms with Crippen LogP contribution in [0.1, 0.15) is 26.3 Å². The van der Waals surface area contributed by atoms with Crippen LogP contribution in [0.25, 0.3) is 0 Å². The SMILES string of the molecule is O=C(COC(=O)[C@H](Cc1ccccc1)N1C(=O)c2ccccc2C1=O)Nc1ccc(Br)cc1Cl. The first kappa shape index (κ1) is 23.7. The number of carbonyl (C=O) groups is 4. The van der Waals surface area contributed by atoms with Gasteiger partial charge >= 0.3 is 5.97 Å². The molecule has 0 radical (unpaired) electrons. The topological polar surface area (TPSA) is 92.8 Å². The molecule has 0 aliphatic carbocycles. The normalized spacial score (nSPS) is 13.4. The Morgan fingerprint density at radius 2 is 1.56 bits per heavy atom. The van der Waals surface area contributed by atoms with Crippen LogP contribution in [0.2, 0.25) is 5.02 Å². The van der Waals surface area contributed by atoms with Crippen molar-refractivity contribution in [1.29, 1.82) is 0 Å². The molecule has 3 aromatic carbocycles. The molecule has 172 valence electrons. The first-order chi connectivity index (χ1) is 16.3. The van der Waals surface area contributed by atoms with Gasteiger partial charge in [-0.15, -0.1) is 0 Å². The number of esters is 1. The smallest absolute Gasteiger partial charge is 0.330 e. The van der Waals surface area contributed by atoms with E-state index in [9.17, 15) is 19.2 Å². The van der Waals surface area contributed by atoms with Crippen LogP contribution in [0.4, 0.5) is 5.69 Å². The zero-order chi connectivity index (χ0) is 24.2. The molecule has 1 N–H and O–H groups in total. The summed E-state index contributed by atoms with van der Waals surface area (Å²) in [7, 11) is 0. The number of nitrogens with one attached hydrogen (secondary N) is 1. The maximum Gasteiger partial charge on any atom is 0.330 e. The van der Waals surface area contributed by atoms with E-state index in [2.05, 4.69) is 21.2 Å². The lowest BCUT2D eigenvalue weighted by Crippen LogP contribution is -2.47. The van der Waals surface area contributed by atoms with Crippen molar-refractivity contribution in [3.63, 3.8) is 0 Å². The minimum atomic E-state index is -1.24. The second kappa shape index (κ2) is 10.2. The molecule has 1 heterocycles. The number of ether oxygens (including phenoxy) is 1. The van der Waals surface area contributed by atoms with Crippen LogP contribution in [-0.4, -0.2) is 41.2 Å². The zero-order valence-corrected chi connectivity index (χ0v) is 20.0. The molecular weight excluding hydrogens is 524 g/mol. The number of anilines is 1. The molecule has 0 saturated carbocycles. The van der Waals surface area contributed by atoms with Crippen LogP contribution in [0, 0.1) is 0 Å². The van der Waals surface area contributed by atoms with E-state index in [1.165, 1.54) is 12.1 Å². The molecule has 34 heavy (non-hydrogen) atoms. The summed E-state index contributed by atoms with van der Waals surface area (Å²) in [5.74, 6) is -2.64. The molecule has 0 spiro atoms. The third kappa shape index (κ3) is 5.03. The Balaban J connectivity index is 1.51. The highest BCUT2D eigenvalue weighted by molar-refractivity contribution is 9.10. The fourth-order valence-corrected chi connectivity index (χ4v) is 4.34. The highest BCUT2D eigenvalue weighted by atomic mass is 79.9. The van der Waals surface area contributed by atoms with E-state index in [1.807, 2.05) is 6.07 Å². The number of fused-ring (bicyclic) bond motifs is 1. The average molecular weight is 542 g/mol. The van der Waals surface area contributed by atoms with Gasteiger partial charge in [-0.2, -0.15) is 0 Å². The number of halogens is 2. The van der Waals surface area contributed by atoms with Crippen LogP contribution >= 0.6 is 27.5 Å². The second-order valence-electron chi connectivity index (χ2n) is 7.51. The molecule has 9 heteroatoms. The molecular formula is C25H18BrClN2O5. The minimum Gasteiger partial charge on any atom is -0.454 e. The summed E-state index contributed by atoms with van der Waals surface area (Å²) in [6, 6.07) is 19.0. The summed E-state index contributed by atoms with van der Waals surface area (Å²) in [6.07, 6.45) is 0.0469. The molecule has 3 amide bonds. The number of carbonyl (C=O) groups excluding carboxylic acids is 4. The Morgan fingerprint density at radius 1 is 0.941 bits per heavy atom. The molecule has 4 rings (SSSR count). The fourth-order valence-electron chi connectivity index (χ4n) is 3.62. The van der Waals surface area contributed by atoms with Gasteiger partial charge < -0.3 is 10.1 Å². The molecule has 1 atom stereocenters. The predicted molar refractivity (Wildman–Crippen MR) is 130 cm³/mol. The van der Waals surface area contributed by atoms with Crippen molar-refractivity contribution in [3.05, 3.63) is 99.0 Å². The Morgan fingerprint density at radius 3 is 2.18 bits per heavy atom. The molecule has 0 saturated heterocycles. The van der Waals surface area contributed by atoms with Crippen molar-refractivity contribution in [3.8, 4) is 0 Å². The van der Waals surface area contributed by atoms with Gasteiger partial charge in [0.25, 0.3) is 17.7 Å². The van der Waals surface area contributed by atoms with Gasteiger partial charge in [0.15, 0.2) is 6.61 Å². The number of rotatable bonds is 7. The first-order valence-electron chi connectivity index (χ1n) is 10.3. The van der Waals surface area contributed by atoms with E-state index in [0.717, 1.165) is 14.9 Å². The van der Waals surface area contributed by atoms with E-state index in [0.29, 0.717) is 10.7 Å². The van der Waals surface area contributed by atoms with E-state index >= 15 is 0 Å². The average Bonchev–Trinajstić information content (AvgIpc) is 3.08. The van der Waals surface area contributed by atoms with Gasteiger partial charge in [0.2, 0.25) is 0 Å². The van der Waals surface area contributed by atoms with Crippen LogP contribution in [0.3, 0.4) is 0 Å².